The fourth-order valence-corrected chi connectivity index (χ4v) is 2.86. The molecule has 2 rings (SSSR count). The van der Waals surface area contributed by atoms with Crippen LogP contribution in [0.4, 0.5) is 0 Å². The summed E-state index contributed by atoms with van der Waals surface area (Å²) in [5, 5.41) is 6.18. The first-order chi connectivity index (χ1) is 8.92. The molecule has 1 heterocycles. The zero-order valence-corrected chi connectivity index (χ0v) is 11.7. The topological polar surface area (TPSA) is 74.8 Å². The zero-order valence-electron chi connectivity index (χ0n) is 10.9. The van der Waals surface area contributed by atoms with Crippen molar-refractivity contribution in [2.75, 3.05) is 6.54 Å². The van der Waals surface area contributed by atoms with E-state index in [4.69, 9.17) is 0 Å². The van der Waals surface area contributed by atoms with Crippen molar-refractivity contribution >= 4 is 10.0 Å². The monoisotopic (exact) mass is 279 g/mol. The molecule has 0 saturated carbocycles. The number of nitrogens with one attached hydrogen (secondary N) is 2. The van der Waals surface area contributed by atoms with Crippen molar-refractivity contribution in [3.8, 4) is 0 Å². The standard InChI is InChI=1S/C13H17N3O2S/c1-13(2,11-6-4-3-5-7-11)10-15-19(17,18)12-8-9-14-16-12/h3-9,15H,10H2,1-2H3,(H,14,16). The Morgan fingerprint density at radius 1 is 1.21 bits per heavy atom. The van der Waals surface area contributed by atoms with E-state index in [1.807, 2.05) is 44.2 Å². The summed E-state index contributed by atoms with van der Waals surface area (Å²) in [5.41, 5.74) is 0.802. The third-order valence-electron chi connectivity index (χ3n) is 3.02. The Kier molecular flexibility index (Phi) is 3.73. The summed E-state index contributed by atoms with van der Waals surface area (Å²) in [4.78, 5) is 0. The molecule has 6 heteroatoms. The number of hydrogen-bond acceptors (Lipinski definition) is 3. The van der Waals surface area contributed by atoms with Gasteiger partial charge >= 0.3 is 0 Å². The van der Waals surface area contributed by atoms with E-state index in [0.717, 1.165) is 5.56 Å². The van der Waals surface area contributed by atoms with Crippen molar-refractivity contribution < 1.29 is 8.42 Å². The molecule has 0 unspecified atom stereocenters. The normalized spacial score (nSPS) is 12.5. The van der Waals surface area contributed by atoms with Crippen LogP contribution in [0.25, 0.3) is 0 Å². The highest BCUT2D eigenvalue weighted by molar-refractivity contribution is 7.89. The van der Waals surface area contributed by atoms with Crippen LogP contribution < -0.4 is 4.72 Å². The minimum atomic E-state index is -3.53. The molecule has 0 fully saturated rings. The Bertz CT molecular complexity index is 619. The molecule has 1 aromatic heterocycles. The highest BCUT2D eigenvalue weighted by Gasteiger charge is 2.24. The number of hydrogen-bond donors (Lipinski definition) is 2. The summed E-state index contributed by atoms with van der Waals surface area (Å²) in [6.07, 6.45) is 1.41. The van der Waals surface area contributed by atoms with E-state index in [0.29, 0.717) is 6.54 Å². The van der Waals surface area contributed by atoms with Crippen LogP contribution in [-0.4, -0.2) is 25.2 Å². The number of sulfonamides is 1. The van der Waals surface area contributed by atoms with Gasteiger partial charge in [-0.05, 0) is 11.6 Å². The first-order valence-electron chi connectivity index (χ1n) is 5.96. The van der Waals surface area contributed by atoms with Crippen LogP contribution in [0.3, 0.4) is 0 Å². The number of rotatable bonds is 5. The van der Waals surface area contributed by atoms with Gasteiger partial charge in [0.1, 0.15) is 0 Å². The van der Waals surface area contributed by atoms with E-state index in [1.54, 1.807) is 0 Å². The van der Waals surface area contributed by atoms with Gasteiger partial charge in [0.05, 0.1) is 6.20 Å². The second-order valence-electron chi connectivity index (χ2n) is 5.00. The second kappa shape index (κ2) is 5.14. The van der Waals surface area contributed by atoms with Gasteiger partial charge in [0.15, 0.2) is 5.03 Å². The molecule has 0 radical (unpaired) electrons. The molecule has 0 amide bonds. The Labute approximate surface area is 113 Å². The fraction of sp³-hybridized carbons (Fsp3) is 0.308. The van der Waals surface area contributed by atoms with Gasteiger partial charge in [-0.25, -0.2) is 13.1 Å². The quantitative estimate of drug-likeness (QED) is 0.874. The number of H-pyrrole nitrogens is 1. The maximum atomic E-state index is 12.0. The molecule has 5 nitrogen and oxygen atoms in total. The van der Waals surface area contributed by atoms with Crippen molar-refractivity contribution in [2.24, 2.45) is 0 Å². The number of aromatic nitrogens is 2. The molecule has 102 valence electrons. The van der Waals surface area contributed by atoms with Crippen LogP contribution in [0, 0.1) is 0 Å². The summed E-state index contributed by atoms with van der Waals surface area (Å²) < 4.78 is 26.6. The van der Waals surface area contributed by atoms with Crippen LogP contribution >= 0.6 is 0 Å². The first-order valence-corrected chi connectivity index (χ1v) is 7.45. The lowest BCUT2D eigenvalue weighted by Gasteiger charge is -2.25. The molecule has 2 N–H and O–H groups in total. The predicted octanol–water partition coefficient (Wildman–Crippen LogP) is 1.67. The van der Waals surface area contributed by atoms with Crippen molar-refractivity contribution in [3.63, 3.8) is 0 Å². The Hall–Kier alpha value is -1.66. The van der Waals surface area contributed by atoms with Gasteiger partial charge in [-0.15, -0.1) is 0 Å². The number of aromatic amines is 1. The molecular weight excluding hydrogens is 262 g/mol. The van der Waals surface area contributed by atoms with Crippen molar-refractivity contribution in [2.45, 2.75) is 24.3 Å². The molecule has 0 aliphatic carbocycles. The summed E-state index contributed by atoms with van der Waals surface area (Å²) >= 11 is 0. The minimum Gasteiger partial charge on any atom is -0.266 e. The molecule has 0 spiro atoms. The van der Waals surface area contributed by atoms with Gasteiger partial charge in [0.2, 0.25) is 0 Å². The Balaban J connectivity index is 2.11. The largest absolute Gasteiger partial charge is 0.266 e. The van der Waals surface area contributed by atoms with E-state index in [-0.39, 0.29) is 10.4 Å². The maximum Gasteiger partial charge on any atom is 0.257 e. The zero-order chi connectivity index (χ0) is 13.9. The third-order valence-corrected chi connectivity index (χ3v) is 4.35. The summed E-state index contributed by atoms with van der Waals surface area (Å²) in [5.74, 6) is 0. The molecule has 1 aromatic carbocycles. The summed E-state index contributed by atoms with van der Waals surface area (Å²) in [6, 6.07) is 11.2. The Morgan fingerprint density at radius 3 is 2.47 bits per heavy atom. The maximum absolute atomic E-state index is 12.0. The SMILES string of the molecule is CC(C)(CNS(=O)(=O)c1ccn[nH]1)c1ccccc1. The van der Waals surface area contributed by atoms with E-state index in [9.17, 15) is 8.42 Å². The van der Waals surface area contributed by atoms with E-state index >= 15 is 0 Å². The molecule has 0 aliphatic rings. The summed E-state index contributed by atoms with van der Waals surface area (Å²) in [6.45, 7) is 4.31. The van der Waals surface area contributed by atoms with E-state index < -0.39 is 10.0 Å². The first kappa shape index (κ1) is 13.8. The van der Waals surface area contributed by atoms with Crippen LogP contribution in [0.1, 0.15) is 19.4 Å². The van der Waals surface area contributed by atoms with Gasteiger partial charge in [-0.3, -0.25) is 5.10 Å². The third kappa shape index (κ3) is 3.21. The highest BCUT2D eigenvalue weighted by atomic mass is 32.2. The van der Waals surface area contributed by atoms with E-state index in [1.165, 1.54) is 12.3 Å². The smallest absolute Gasteiger partial charge is 0.257 e. The minimum absolute atomic E-state index is 0.0800. The van der Waals surface area contributed by atoms with Crippen LogP contribution in [0.2, 0.25) is 0 Å². The average molecular weight is 279 g/mol. The van der Waals surface area contributed by atoms with Gasteiger partial charge < -0.3 is 0 Å². The fourth-order valence-electron chi connectivity index (χ4n) is 1.74. The molecule has 0 atom stereocenters. The molecular formula is C13H17N3O2S. The predicted molar refractivity (Wildman–Crippen MR) is 73.2 cm³/mol. The van der Waals surface area contributed by atoms with Gasteiger partial charge in [-0.1, -0.05) is 44.2 Å². The number of nitrogens with zero attached hydrogens (tertiary/aromatic N) is 1. The lowest BCUT2D eigenvalue weighted by atomic mass is 9.85. The van der Waals surface area contributed by atoms with Crippen molar-refractivity contribution in [3.05, 3.63) is 48.2 Å². The molecule has 2 aromatic rings. The highest BCUT2D eigenvalue weighted by Crippen LogP contribution is 2.22. The molecule has 0 bridgehead atoms. The lowest BCUT2D eigenvalue weighted by molar-refractivity contribution is 0.500. The van der Waals surface area contributed by atoms with Gasteiger partial charge in [-0.2, -0.15) is 5.10 Å². The van der Waals surface area contributed by atoms with Crippen LogP contribution in [-0.2, 0) is 15.4 Å². The molecule has 19 heavy (non-hydrogen) atoms. The molecule has 0 aliphatic heterocycles. The Morgan fingerprint density at radius 2 is 1.89 bits per heavy atom. The number of benzene rings is 1. The van der Waals surface area contributed by atoms with Crippen LogP contribution in [0.15, 0.2) is 47.6 Å². The van der Waals surface area contributed by atoms with E-state index in [2.05, 4.69) is 14.9 Å². The average Bonchev–Trinajstić information content (AvgIpc) is 2.93. The van der Waals surface area contributed by atoms with Crippen molar-refractivity contribution in [1.29, 1.82) is 0 Å². The van der Waals surface area contributed by atoms with Crippen molar-refractivity contribution in [1.82, 2.24) is 14.9 Å². The summed E-state index contributed by atoms with van der Waals surface area (Å²) in [7, 11) is -3.53. The van der Waals surface area contributed by atoms with Gasteiger partial charge in [0, 0.05) is 12.0 Å². The van der Waals surface area contributed by atoms with Gasteiger partial charge in [0.25, 0.3) is 10.0 Å². The second-order valence-corrected chi connectivity index (χ2v) is 6.73. The lowest BCUT2D eigenvalue weighted by Crippen LogP contribution is -2.36. The molecule has 0 saturated heterocycles. The van der Waals surface area contributed by atoms with Crippen LogP contribution in [0.5, 0.6) is 0 Å².